The third-order valence-electron chi connectivity index (χ3n) is 5.38. The van der Waals surface area contributed by atoms with Crippen LogP contribution in [0.4, 0.5) is 11.4 Å². The molecular formula is C23H30ClN3O2. The molecule has 1 unspecified atom stereocenters. The Morgan fingerprint density at radius 1 is 1.14 bits per heavy atom. The number of carbonyl (C=O) groups excluding carboxylic acids is 1. The van der Waals surface area contributed by atoms with E-state index in [2.05, 4.69) is 29.0 Å². The molecule has 29 heavy (non-hydrogen) atoms. The van der Waals surface area contributed by atoms with Gasteiger partial charge in [-0.2, -0.15) is 0 Å². The van der Waals surface area contributed by atoms with E-state index >= 15 is 0 Å². The number of ether oxygens (including phenoxy) is 1. The van der Waals surface area contributed by atoms with E-state index in [1.807, 2.05) is 37.3 Å². The lowest BCUT2D eigenvalue weighted by atomic mass is 10.1. The molecule has 1 amide bonds. The Kier molecular flexibility index (Phi) is 7.40. The molecule has 1 aliphatic heterocycles. The van der Waals surface area contributed by atoms with Gasteiger partial charge in [0.1, 0.15) is 5.75 Å². The highest BCUT2D eigenvalue weighted by Crippen LogP contribution is 2.35. The van der Waals surface area contributed by atoms with Crippen LogP contribution in [0.5, 0.6) is 5.75 Å². The molecule has 156 valence electrons. The highest BCUT2D eigenvalue weighted by atomic mass is 35.5. The number of hydrogen-bond donors (Lipinski definition) is 1. The summed E-state index contributed by atoms with van der Waals surface area (Å²) >= 11 is 6.53. The first-order valence-electron chi connectivity index (χ1n) is 10.4. The molecule has 0 saturated carbocycles. The molecule has 0 bridgehead atoms. The number of amides is 1. The third-order valence-corrected chi connectivity index (χ3v) is 5.68. The molecule has 1 saturated heterocycles. The second-order valence-corrected chi connectivity index (χ2v) is 7.78. The van der Waals surface area contributed by atoms with Gasteiger partial charge in [0.05, 0.1) is 22.5 Å². The van der Waals surface area contributed by atoms with Crippen molar-refractivity contribution in [3.63, 3.8) is 0 Å². The Morgan fingerprint density at radius 2 is 1.86 bits per heavy atom. The largest absolute Gasteiger partial charge is 0.491 e. The predicted molar refractivity (Wildman–Crippen MR) is 121 cm³/mol. The van der Waals surface area contributed by atoms with Crippen LogP contribution in [0.25, 0.3) is 0 Å². The Bertz CT molecular complexity index is 835. The summed E-state index contributed by atoms with van der Waals surface area (Å²) in [6.07, 6.45) is 1.02. The standard InChI is InChI=1S/C23H30ClN3O2/c1-4-17(3)29-19-9-6-8-18(16-19)23(28)25-21-11-7-10-20(24)22(21)27-14-12-26(5-2)13-15-27/h6-11,16-17H,4-5,12-15H2,1-3H3,(H,25,28). The number of halogens is 1. The number of benzene rings is 2. The lowest BCUT2D eigenvalue weighted by Crippen LogP contribution is -2.46. The molecule has 5 nitrogen and oxygen atoms in total. The van der Waals surface area contributed by atoms with Gasteiger partial charge in [-0.1, -0.05) is 37.6 Å². The number of carbonyl (C=O) groups is 1. The van der Waals surface area contributed by atoms with Crippen LogP contribution in [0.15, 0.2) is 42.5 Å². The van der Waals surface area contributed by atoms with Crippen molar-refractivity contribution in [1.29, 1.82) is 0 Å². The topological polar surface area (TPSA) is 44.8 Å². The van der Waals surface area contributed by atoms with E-state index in [1.54, 1.807) is 12.1 Å². The SMILES string of the molecule is CCC(C)Oc1cccc(C(=O)Nc2cccc(Cl)c2N2CCN(CC)CC2)c1. The average molecular weight is 416 g/mol. The molecule has 1 aliphatic rings. The van der Waals surface area contributed by atoms with Crippen molar-refractivity contribution in [3.8, 4) is 5.75 Å². The summed E-state index contributed by atoms with van der Waals surface area (Å²) in [6, 6.07) is 12.9. The maximum absolute atomic E-state index is 12.9. The Hall–Kier alpha value is -2.24. The fourth-order valence-electron chi connectivity index (χ4n) is 3.45. The monoisotopic (exact) mass is 415 g/mol. The van der Waals surface area contributed by atoms with Gasteiger partial charge in [-0.05, 0) is 50.2 Å². The highest BCUT2D eigenvalue weighted by molar-refractivity contribution is 6.34. The first kappa shape index (κ1) is 21.5. The van der Waals surface area contributed by atoms with Gasteiger partial charge in [-0.3, -0.25) is 4.79 Å². The zero-order chi connectivity index (χ0) is 20.8. The van der Waals surface area contributed by atoms with Crippen molar-refractivity contribution in [2.24, 2.45) is 0 Å². The van der Waals surface area contributed by atoms with Gasteiger partial charge in [-0.25, -0.2) is 0 Å². The fraction of sp³-hybridized carbons (Fsp3) is 0.435. The molecule has 0 spiro atoms. The number of piperazine rings is 1. The lowest BCUT2D eigenvalue weighted by molar-refractivity contribution is 0.102. The molecule has 1 fully saturated rings. The molecule has 1 atom stereocenters. The van der Waals surface area contributed by atoms with Crippen LogP contribution in [-0.4, -0.2) is 49.6 Å². The van der Waals surface area contributed by atoms with Gasteiger partial charge in [-0.15, -0.1) is 0 Å². The first-order chi connectivity index (χ1) is 14.0. The minimum absolute atomic E-state index is 0.106. The molecule has 2 aromatic rings. The molecular weight excluding hydrogens is 386 g/mol. The van der Waals surface area contributed by atoms with E-state index in [1.165, 1.54) is 0 Å². The van der Waals surface area contributed by atoms with Crippen LogP contribution < -0.4 is 15.0 Å². The van der Waals surface area contributed by atoms with E-state index in [4.69, 9.17) is 16.3 Å². The summed E-state index contributed by atoms with van der Waals surface area (Å²) in [7, 11) is 0. The van der Waals surface area contributed by atoms with Crippen LogP contribution >= 0.6 is 11.6 Å². The number of anilines is 2. The van der Waals surface area contributed by atoms with Crippen molar-refractivity contribution in [2.45, 2.75) is 33.3 Å². The molecule has 6 heteroatoms. The number of hydrogen-bond acceptors (Lipinski definition) is 4. The number of likely N-dealkylation sites (N-methyl/N-ethyl adjacent to an activating group) is 1. The zero-order valence-electron chi connectivity index (χ0n) is 17.5. The Morgan fingerprint density at radius 3 is 2.55 bits per heavy atom. The molecule has 0 aliphatic carbocycles. The smallest absolute Gasteiger partial charge is 0.255 e. The second-order valence-electron chi connectivity index (χ2n) is 7.38. The van der Waals surface area contributed by atoms with E-state index < -0.39 is 0 Å². The number of para-hydroxylation sites is 1. The first-order valence-corrected chi connectivity index (χ1v) is 10.7. The summed E-state index contributed by atoms with van der Waals surface area (Å²) in [5, 5.41) is 3.70. The van der Waals surface area contributed by atoms with Gasteiger partial charge < -0.3 is 19.9 Å². The van der Waals surface area contributed by atoms with Gasteiger partial charge in [0.2, 0.25) is 0 Å². The maximum atomic E-state index is 12.9. The van der Waals surface area contributed by atoms with E-state index in [9.17, 15) is 4.79 Å². The van der Waals surface area contributed by atoms with Gasteiger partial charge >= 0.3 is 0 Å². The molecule has 1 heterocycles. The minimum Gasteiger partial charge on any atom is -0.491 e. The van der Waals surface area contributed by atoms with Crippen molar-refractivity contribution in [3.05, 3.63) is 53.1 Å². The van der Waals surface area contributed by atoms with Gasteiger partial charge in [0, 0.05) is 31.7 Å². The summed E-state index contributed by atoms with van der Waals surface area (Å²) in [5.41, 5.74) is 2.19. The van der Waals surface area contributed by atoms with Crippen LogP contribution in [0.2, 0.25) is 5.02 Å². The van der Waals surface area contributed by atoms with E-state index in [0.717, 1.165) is 50.5 Å². The molecule has 0 radical (unpaired) electrons. The molecule has 3 rings (SSSR count). The predicted octanol–water partition coefficient (Wildman–Crippen LogP) is 4.91. The van der Waals surface area contributed by atoms with Gasteiger partial charge in [0.25, 0.3) is 5.91 Å². The second kappa shape index (κ2) is 9.99. The summed E-state index contributed by atoms with van der Waals surface area (Å²) < 4.78 is 5.85. The summed E-state index contributed by atoms with van der Waals surface area (Å²) in [5.74, 6) is 0.532. The lowest BCUT2D eigenvalue weighted by Gasteiger charge is -2.36. The normalized spacial score (nSPS) is 15.8. The van der Waals surface area contributed by atoms with Crippen LogP contribution in [0, 0.1) is 0 Å². The van der Waals surface area contributed by atoms with Crippen LogP contribution in [-0.2, 0) is 0 Å². The molecule has 2 aromatic carbocycles. The summed E-state index contributed by atoms with van der Waals surface area (Å²) in [4.78, 5) is 17.6. The van der Waals surface area contributed by atoms with Crippen LogP contribution in [0.1, 0.15) is 37.6 Å². The highest BCUT2D eigenvalue weighted by Gasteiger charge is 2.21. The van der Waals surface area contributed by atoms with Gasteiger partial charge in [0.15, 0.2) is 0 Å². The molecule has 1 N–H and O–H groups in total. The Labute approximate surface area is 178 Å². The van der Waals surface area contributed by atoms with E-state index in [0.29, 0.717) is 16.3 Å². The zero-order valence-corrected chi connectivity index (χ0v) is 18.2. The fourth-order valence-corrected chi connectivity index (χ4v) is 3.74. The maximum Gasteiger partial charge on any atom is 0.255 e. The van der Waals surface area contributed by atoms with E-state index in [-0.39, 0.29) is 12.0 Å². The average Bonchev–Trinajstić information content (AvgIpc) is 2.74. The van der Waals surface area contributed by atoms with Crippen LogP contribution in [0.3, 0.4) is 0 Å². The third kappa shape index (κ3) is 5.43. The van der Waals surface area contributed by atoms with Crippen molar-refractivity contribution in [2.75, 3.05) is 42.9 Å². The quantitative estimate of drug-likeness (QED) is 0.697. The van der Waals surface area contributed by atoms with Crippen molar-refractivity contribution >= 4 is 28.9 Å². The number of nitrogens with one attached hydrogen (secondary N) is 1. The molecule has 0 aromatic heterocycles. The number of nitrogens with zero attached hydrogens (tertiary/aromatic N) is 2. The number of rotatable bonds is 7. The Balaban J connectivity index is 1.78. The van der Waals surface area contributed by atoms with Crippen molar-refractivity contribution in [1.82, 2.24) is 4.90 Å². The summed E-state index contributed by atoms with van der Waals surface area (Å²) in [6.45, 7) is 11.1. The minimum atomic E-state index is -0.171. The van der Waals surface area contributed by atoms with Crippen molar-refractivity contribution < 1.29 is 9.53 Å².